The van der Waals surface area contributed by atoms with Crippen molar-refractivity contribution in [1.29, 1.82) is 0 Å². The molecule has 1 saturated carbocycles. The van der Waals surface area contributed by atoms with Crippen LogP contribution in [0, 0.1) is 11.8 Å². The molecule has 0 radical (unpaired) electrons. The number of allylic oxidation sites excluding steroid dienone is 1. The summed E-state index contributed by atoms with van der Waals surface area (Å²) in [6, 6.07) is 0. The minimum atomic E-state index is -1.96. The standard InChI is InChI=1S/C18H32O3Si/c1-13-10-8-9-11-18(13,15-12-14(2)20-16(15)19)21-22(6,7)17(3,4)5/h12-13,15H,8-11H2,1-7H3. The fourth-order valence-corrected chi connectivity index (χ4v) is 5.23. The lowest BCUT2D eigenvalue weighted by molar-refractivity contribution is -0.151. The summed E-state index contributed by atoms with van der Waals surface area (Å²) in [7, 11) is -1.96. The van der Waals surface area contributed by atoms with Crippen molar-refractivity contribution in [2.75, 3.05) is 0 Å². The van der Waals surface area contributed by atoms with Crippen LogP contribution >= 0.6 is 0 Å². The van der Waals surface area contributed by atoms with E-state index in [1.165, 1.54) is 6.42 Å². The van der Waals surface area contributed by atoms with E-state index in [0.717, 1.165) is 25.0 Å². The Kier molecular flexibility index (Phi) is 4.67. The van der Waals surface area contributed by atoms with Crippen molar-refractivity contribution < 1.29 is 14.0 Å². The number of carbonyl (C=O) groups is 1. The Morgan fingerprint density at radius 3 is 2.41 bits per heavy atom. The Morgan fingerprint density at radius 1 is 1.32 bits per heavy atom. The molecule has 0 spiro atoms. The molecule has 0 amide bonds. The number of cyclic esters (lactones) is 1. The highest BCUT2D eigenvalue weighted by Crippen LogP contribution is 2.50. The smallest absolute Gasteiger partial charge is 0.320 e. The molecule has 0 saturated heterocycles. The van der Waals surface area contributed by atoms with E-state index in [1.54, 1.807) is 0 Å². The van der Waals surface area contributed by atoms with Crippen LogP contribution in [0.15, 0.2) is 11.8 Å². The summed E-state index contributed by atoms with van der Waals surface area (Å²) in [6.45, 7) is 15.5. The highest BCUT2D eigenvalue weighted by atomic mass is 28.4. The van der Waals surface area contributed by atoms with Gasteiger partial charge in [0.2, 0.25) is 0 Å². The summed E-state index contributed by atoms with van der Waals surface area (Å²) in [6.07, 6.45) is 6.46. The van der Waals surface area contributed by atoms with Gasteiger partial charge < -0.3 is 9.16 Å². The lowest BCUT2D eigenvalue weighted by Gasteiger charge is -2.52. The molecule has 0 aromatic carbocycles. The lowest BCUT2D eigenvalue weighted by Crippen LogP contribution is -2.58. The van der Waals surface area contributed by atoms with Crippen LogP contribution in [0.1, 0.15) is 60.3 Å². The second-order valence-corrected chi connectivity index (χ2v) is 13.4. The van der Waals surface area contributed by atoms with Gasteiger partial charge in [-0.25, -0.2) is 0 Å². The molecule has 3 atom stereocenters. The van der Waals surface area contributed by atoms with Crippen LogP contribution in [0.4, 0.5) is 0 Å². The van der Waals surface area contributed by atoms with Gasteiger partial charge in [-0.3, -0.25) is 4.79 Å². The lowest BCUT2D eigenvalue weighted by atomic mass is 9.69. The molecule has 1 aliphatic carbocycles. The van der Waals surface area contributed by atoms with E-state index in [-0.39, 0.29) is 22.5 Å². The third kappa shape index (κ3) is 3.05. The molecule has 1 aliphatic heterocycles. The first-order valence-electron chi connectivity index (χ1n) is 8.60. The van der Waals surface area contributed by atoms with Gasteiger partial charge in [0.25, 0.3) is 0 Å². The number of hydrogen-bond donors (Lipinski definition) is 0. The molecule has 2 rings (SSSR count). The number of ether oxygens (including phenoxy) is 1. The normalized spacial score (nSPS) is 33.6. The van der Waals surface area contributed by atoms with Crippen LogP contribution in [-0.4, -0.2) is 19.9 Å². The topological polar surface area (TPSA) is 35.5 Å². The average Bonchev–Trinajstić information content (AvgIpc) is 2.70. The molecule has 22 heavy (non-hydrogen) atoms. The maximum absolute atomic E-state index is 12.4. The summed E-state index contributed by atoms with van der Waals surface area (Å²) < 4.78 is 12.3. The summed E-state index contributed by atoms with van der Waals surface area (Å²) in [5.41, 5.74) is -0.379. The zero-order chi connectivity index (χ0) is 16.8. The Morgan fingerprint density at radius 2 is 1.95 bits per heavy atom. The van der Waals surface area contributed by atoms with Crippen LogP contribution in [0.5, 0.6) is 0 Å². The van der Waals surface area contributed by atoms with Gasteiger partial charge in [-0.1, -0.05) is 40.5 Å². The van der Waals surface area contributed by atoms with Crippen molar-refractivity contribution in [3.05, 3.63) is 11.8 Å². The number of carbonyl (C=O) groups excluding carboxylic acids is 1. The molecule has 0 aromatic heterocycles. The first kappa shape index (κ1) is 17.7. The SMILES string of the molecule is CC1=CC(C2(O[Si](C)(C)C(C)(C)C)CCCCC2C)C(=O)O1. The molecular weight excluding hydrogens is 292 g/mol. The minimum Gasteiger partial charge on any atom is -0.431 e. The molecule has 1 fully saturated rings. The molecule has 2 aliphatic rings. The second kappa shape index (κ2) is 5.79. The monoisotopic (exact) mass is 324 g/mol. The predicted octanol–water partition coefficient (Wildman–Crippen LogP) is 5.03. The largest absolute Gasteiger partial charge is 0.431 e. The van der Waals surface area contributed by atoms with Crippen molar-refractivity contribution in [2.45, 2.75) is 84.0 Å². The van der Waals surface area contributed by atoms with Crippen molar-refractivity contribution in [2.24, 2.45) is 11.8 Å². The van der Waals surface area contributed by atoms with Crippen molar-refractivity contribution in [3.63, 3.8) is 0 Å². The van der Waals surface area contributed by atoms with E-state index in [4.69, 9.17) is 9.16 Å². The Balaban J connectivity index is 2.41. The van der Waals surface area contributed by atoms with Crippen LogP contribution in [0.25, 0.3) is 0 Å². The van der Waals surface area contributed by atoms with Gasteiger partial charge in [-0.05, 0) is 49.9 Å². The summed E-state index contributed by atoms with van der Waals surface area (Å²) >= 11 is 0. The van der Waals surface area contributed by atoms with Crippen molar-refractivity contribution in [3.8, 4) is 0 Å². The minimum absolute atomic E-state index is 0.120. The molecule has 3 nitrogen and oxygen atoms in total. The van der Waals surface area contributed by atoms with Crippen LogP contribution < -0.4 is 0 Å². The van der Waals surface area contributed by atoms with E-state index < -0.39 is 8.32 Å². The second-order valence-electron chi connectivity index (χ2n) is 8.64. The first-order chi connectivity index (χ1) is 9.99. The van der Waals surface area contributed by atoms with E-state index in [9.17, 15) is 4.79 Å². The van der Waals surface area contributed by atoms with E-state index in [0.29, 0.717) is 5.92 Å². The quantitative estimate of drug-likeness (QED) is 0.539. The zero-order valence-corrected chi connectivity index (χ0v) is 16.3. The van der Waals surface area contributed by atoms with E-state index in [2.05, 4.69) is 40.8 Å². The molecule has 0 N–H and O–H groups in total. The molecule has 126 valence electrons. The molecule has 0 bridgehead atoms. The first-order valence-corrected chi connectivity index (χ1v) is 11.5. The van der Waals surface area contributed by atoms with Gasteiger partial charge in [0.15, 0.2) is 8.32 Å². The maximum atomic E-state index is 12.4. The van der Waals surface area contributed by atoms with Gasteiger partial charge in [-0.2, -0.15) is 0 Å². The summed E-state index contributed by atoms with van der Waals surface area (Å²) in [4.78, 5) is 12.4. The Labute approximate surface area is 136 Å². The highest BCUT2D eigenvalue weighted by Gasteiger charge is 2.55. The van der Waals surface area contributed by atoms with Crippen LogP contribution in [0.3, 0.4) is 0 Å². The molecule has 4 heteroatoms. The van der Waals surface area contributed by atoms with Gasteiger partial charge in [-0.15, -0.1) is 0 Å². The van der Waals surface area contributed by atoms with Crippen LogP contribution in [-0.2, 0) is 14.0 Å². The van der Waals surface area contributed by atoms with Crippen molar-refractivity contribution >= 4 is 14.3 Å². The number of rotatable bonds is 3. The van der Waals surface area contributed by atoms with Crippen molar-refractivity contribution in [1.82, 2.24) is 0 Å². The summed E-state index contributed by atoms with van der Waals surface area (Å²) in [5, 5.41) is 0.137. The van der Waals surface area contributed by atoms with Gasteiger partial charge in [0, 0.05) is 0 Å². The fourth-order valence-electron chi connectivity index (χ4n) is 3.55. The third-order valence-corrected chi connectivity index (χ3v) is 10.5. The van der Waals surface area contributed by atoms with Gasteiger partial charge in [0.05, 0.1) is 5.60 Å². The molecule has 3 unspecified atom stereocenters. The molecule has 1 heterocycles. The molecule has 0 aromatic rings. The fraction of sp³-hybridized carbons (Fsp3) is 0.833. The third-order valence-electron chi connectivity index (χ3n) is 5.98. The Hall–Kier alpha value is -0.613. The van der Waals surface area contributed by atoms with Gasteiger partial charge in [0.1, 0.15) is 11.7 Å². The number of esters is 1. The predicted molar refractivity (Wildman–Crippen MR) is 92.0 cm³/mol. The van der Waals surface area contributed by atoms with Gasteiger partial charge >= 0.3 is 5.97 Å². The highest BCUT2D eigenvalue weighted by molar-refractivity contribution is 6.74. The Bertz CT molecular complexity index is 475. The average molecular weight is 325 g/mol. The zero-order valence-electron chi connectivity index (χ0n) is 15.3. The molecular formula is C18H32O3Si. The summed E-state index contributed by atoms with van der Waals surface area (Å²) in [5.74, 6) is 0.753. The maximum Gasteiger partial charge on any atom is 0.320 e. The van der Waals surface area contributed by atoms with Crippen LogP contribution in [0.2, 0.25) is 18.1 Å². The van der Waals surface area contributed by atoms with E-state index >= 15 is 0 Å². The number of hydrogen-bond acceptors (Lipinski definition) is 3. The van der Waals surface area contributed by atoms with E-state index in [1.807, 2.05) is 13.0 Å².